The first-order chi connectivity index (χ1) is 11.1. The van der Waals surface area contributed by atoms with Gasteiger partial charge in [0.2, 0.25) is 5.91 Å². The summed E-state index contributed by atoms with van der Waals surface area (Å²) in [5, 5.41) is 0. The van der Waals surface area contributed by atoms with Gasteiger partial charge < -0.3 is 9.64 Å². The van der Waals surface area contributed by atoms with E-state index in [9.17, 15) is 4.79 Å². The number of aryl methyl sites for hydroxylation is 1. The van der Waals surface area contributed by atoms with E-state index in [1.807, 2.05) is 0 Å². The van der Waals surface area contributed by atoms with Gasteiger partial charge in [-0.25, -0.2) is 0 Å². The molecule has 23 heavy (non-hydrogen) atoms. The van der Waals surface area contributed by atoms with Gasteiger partial charge in [-0.15, -0.1) is 0 Å². The molecule has 1 aromatic rings. The standard InChI is InChI=1S/C19H28N2O2/c1-14-8-9-19(23-3)16(12-14)13-20-10-4-6-17(20)18-7-5-11-21(18)15(2)22/h8-9,12,17-18H,4-7,10-11,13H2,1-3H3/t17-,18-/m0/s1. The van der Waals surface area contributed by atoms with Crippen LogP contribution >= 0.6 is 0 Å². The zero-order valence-electron chi connectivity index (χ0n) is 14.5. The van der Waals surface area contributed by atoms with Gasteiger partial charge in [0.1, 0.15) is 5.75 Å². The molecule has 2 aliphatic rings. The Morgan fingerprint density at radius 3 is 2.70 bits per heavy atom. The van der Waals surface area contributed by atoms with Crippen LogP contribution in [0.25, 0.3) is 0 Å². The van der Waals surface area contributed by atoms with E-state index in [4.69, 9.17) is 4.74 Å². The molecule has 1 aromatic carbocycles. The van der Waals surface area contributed by atoms with E-state index in [-0.39, 0.29) is 5.91 Å². The number of nitrogens with zero attached hydrogens (tertiary/aromatic N) is 2. The number of carbonyl (C=O) groups is 1. The van der Waals surface area contributed by atoms with Crippen LogP contribution in [0, 0.1) is 6.92 Å². The van der Waals surface area contributed by atoms with Crippen molar-refractivity contribution in [3.05, 3.63) is 29.3 Å². The molecule has 0 N–H and O–H groups in total. The molecule has 4 nitrogen and oxygen atoms in total. The third-order valence-corrected chi connectivity index (χ3v) is 5.37. The number of hydrogen-bond donors (Lipinski definition) is 0. The topological polar surface area (TPSA) is 32.8 Å². The minimum Gasteiger partial charge on any atom is -0.496 e. The summed E-state index contributed by atoms with van der Waals surface area (Å²) >= 11 is 0. The second kappa shape index (κ2) is 6.91. The van der Waals surface area contributed by atoms with E-state index >= 15 is 0 Å². The van der Waals surface area contributed by atoms with Crippen LogP contribution in [-0.2, 0) is 11.3 Å². The lowest BCUT2D eigenvalue weighted by Crippen LogP contribution is -2.47. The maximum Gasteiger partial charge on any atom is 0.219 e. The van der Waals surface area contributed by atoms with Crippen molar-refractivity contribution in [1.82, 2.24) is 9.80 Å². The highest BCUT2D eigenvalue weighted by Gasteiger charge is 2.38. The quantitative estimate of drug-likeness (QED) is 0.856. The van der Waals surface area contributed by atoms with Crippen LogP contribution in [0.5, 0.6) is 5.75 Å². The minimum atomic E-state index is 0.229. The van der Waals surface area contributed by atoms with Crippen molar-refractivity contribution >= 4 is 5.91 Å². The molecule has 2 fully saturated rings. The van der Waals surface area contributed by atoms with Gasteiger partial charge in [0.25, 0.3) is 0 Å². The highest BCUT2D eigenvalue weighted by molar-refractivity contribution is 5.74. The Bertz CT molecular complexity index is 572. The Hall–Kier alpha value is -1.55. The van der Waals surface area contributed by atoms with Crippen molar-refractivity contribution < 1.29 is 9.53 Å². The number of carbonyl (C=O) groups excluding carboxylic acids is 1. The van der Waals surface area contributed by atoms with Gasteiger partial charge in [-0.05, 0) is 45.2 Å². The Kier molecular flexibility index (Phi) is 4.90. The predicted molar refractivity (Wildman–Crippen MR) is 91.6 cm³/mol. The average molecular weight is 316 g/mol. The summed E-state index contributed by atoms with van der Waals surface area (Å²) in [5.41, 5.74) is 2.52. The van der Waals surface area contributed by atoms with Crippen LogP contribution in [0.1, 0.15) is 43.7 Å². The fraction of sp³-hybridized carbons (Fsp3) is 0.632. The summed E-state index contributed by atoms with van der Waals surface area (Å²) in [5.74, 6) is 1.20. The molecule has 0 radical (unpaired) electrons. The Morgan fingerprint density at radius 1 is 1.22 bits per heavy atom. The number of likely N-dealkylation sites (tertiary alicyclic amines) is 2. The highest BCUT2D eigenvalue weighted by atomic mass is 16.5. The minimum absolute atomic E-state index is 0.229. The highest BCUT2D eigenvalue weighted by Crippen LogP contribution is 2.32. The SMILES string of the molecule is COc1ccc(C)cc1CN1CCC[C@H]1[C@@H]1CCCN1C(C)=O. The summed E-state index contributed by atoms with van der Waals surface area (Å²) in [4.78, 5) is 16.6. The summed E-state index contributed by atoms with van der Waals surface area (Å²) in [7, 11) is 1.74. The molecule has 2 aliphatic heterocycles. The van der Waals surface area contributed by atoms with E-state index in [0.29, 0.717) is 12.1 Å². The number of rotatable bonds is 4. The Morgan fingerprint density at radius 2 is 1.96 bits per heavy atom. The molecule has 4 heteroatoms. The number of hydrogen-bond acceptors (Lipinski definition) is 3. The van der Waals surface area contributed by atoms with E-state index in [1.54, 1.807) is 14.0 Å². The van der Waals surface area contributed by atoms with Crippen molar-refractivity contribution in [2.45, 2.75) is 58.2 Å². The molecule has 0 aromatic heterocycles. The lowest BCUT2D eigenvalue weighted by molar-refractivity contribution is -0.130. The van der Waals surface area contributed by atoms with Gasteiger partial charge in [-0.3, -0.25) is 9.69 Å². The summed E-state index contributed by atoms with van der Waals surface area (Å²) in [6, 6.07) is 7.27. The van der Waals surface area contributed by atoms with Crippen LogP contribution in [-0.4, -0.2) is 48.0 Å². The summed E-state index contributed by atoms with van der Waals surface area (Å²) in [6.07, 6.45) is 4.71. The fourth-order valence-corrected chi connectivity index (χ4v) is 4.32. The van der Waals surface area contributed by atoms with Crippen LogP contribution in [0.3, 0.4) is 0 Å². The molecule has 0 spiro atoms. The smallest absolute Gasteiger partial charge is 0.219 e. The zero-order chi connectivity index (χ0) is 16.4. The second-order valence-corrected chi connectivity index (χ2v) is 6.92. The average Bonchev–Trinajstić information content (AvgIpc) is 3.15. The Balaban J connectivity index is 1.77. The normalized spacial score (nSPS) is 25.1. The molecule has 0 unspecified atom stereocenters. The third kappa shape index (κ3) is 3.37. The largest absolute Gasteiger partial charge is 0.496 e. The second-order valence-electron chi connectivity index (χ2n) is 6.92. The third-order valence-electron chi connectivity index (χ3n) is 5.37. The lowest BCUT2D eigenvalue weighted by Gasteiger charge is -2.35. The molecule has 2 saturated heterocycles. The van der Waals surface area contributed by atoms with Gasteiger partial charge >= 0.3 is 0 Å². The van der Waals surface area contributed by atoms with Gasteiger partial charge in [0.05, 0.1) is 7.11 Å². The first-order valence-corrected chi connectivity index (χ1v) is 8.75. The van der Waals surface area contributed by atoms with Crippen molar-refractivity contribution in [2.24, 2.45) is 0 Å². The summed E-state index contributed by atoms with van der Waals surface area (Å²) in [6.45, 7) is 6.79. The van der Waals surface area contributed by atoms with Gasteiger partial charge in [-0.1, -0.05) is 17.7 Å². The first-order valence-electron chi connectivity index (χ1n) is 8.75. The van der Waals surface area contributed by atoms with E-state index in [1.165, 1.54) is 24.0 Å². The van der Waals surface area contributed by atoms with Crippen molar-refractivity contribution in [2.75, 3.05) is 20.2 Å². The van der Waals surface area contributed by atoms with Crippen LogP contribution < -0.4 is 4.74 Å². The fourth-order valence-electron chi connectivity index (χ4n) is 4.32. The Labute approximate surface area is 139 Å². The molecule has 2 atom stereocenters. The van der Waals surface area contributed by atoms with Gasteiger partial charge in [0.15, 0.2) is 0 Å². The van der Waals surface area contributed by atoms with Crippen LogP contribution in [0.15, 0.2) is 18.2 Å². The van der Waals surface area contributed by atoms with Gasteiger partial charge in [0, 0.05) is 37.7 Å². The molecular weight excluding hydrogens is 288 g/mol. The molecule has 126 valence electrons. The van der Waals surface area contributed by atoms with E-state index < -0.39 is 0 Å². The van der Waals surface area contributed by atoms with Gasteiger partial charge in [-0.2, -0.15) is 0 Å². The van der Waals surface area contributed by atoms with E-state index in [0.717, 1.165) is 38.2 Å². The van der Waals surface area contributed by atoms with Crippen molar-refractivity contribution in [1.29, 1.82) is 0 Å². The monoisotopic (exact) mass is 316 g/mol. The van der Waals surface area contributed by atoms with Crippen molar-refractivity contribution in [3.63, 3.8) is 0 Å². The molecular formula is C19H28N2O2. The number of amides is 1. The first kappa shape index (κ1) is 16.3. The van der Waals surface area contributed by atoms with E-state index in [2.05, 4.69) is 34.9 Å². The predicted octanol–water partition coefficient (Wildman–Crippen LogP) is 2.98. The number of ether oxygens (including phenoxy) is 1. The zero-order valence-corrected chi connectivity index (χ0v) is 14.5. The number of methoxy groups -OCH3 is 1. The number of benzene rings is 1. The van der Waals surface area contributed by atoms with Crippen molar-refractivity contribution in [3.8, 4) is 5.75 Å². The molecule has 1 amide bonds. The molecule has 0 aliphatic carbocycles. The van der Waals surface area contributed by atoms with Crippen LogP contribution in [0.2, 0.25) is 0 Å². The molecule has 0 saturated carbocycles. The maximum atomic E-state index is 11.9. The molecule has 0 bridgehead atoms. The van der Waals surface area contributed by atoms with Crippen LogP contribution in [0.4, 0.5) is 0 Å². The summed E-state index contributed by atoms with van der Waals surface area (Å²) < 4.78 is 5.54. The molecule has 3 rings (SSSR count). The maximum absolute atomic E-state index is 11.9. The lowest BCUT2D eigenvalue weighted by atomic mass is 10.0. The molecule has 2 heterocycles.